The molecule has 1 saturated heterocycles. The molecule has 1 rings (SSSR count). The van der Waals surface area contributed by atoms with E-state index in [-0.39, 0.29) is 35.2 Å². The summed E-state index contributed by atoms with van der Waals surface area (Å²) in [7, 11) is 0. The second kappa shape index (κ2) is 5.29. The molecule has 2 unspecified atom stereocenters. The molecule has 2 amide bonds. The fourth-order valence-electron chi connectivity index (χ4n) is 2.12. The van der Waals surface area contributed by atoms with Crippen LogP contribution in [0.15, 0.2) is 0 Å². The zero-order chi connectivity index (χ0) is 14.1. The van der Waals surface area contributed by atoms with Crippen LogP contribution in [0, 0.1) is 11.3 Å². The Morgan fingerprint density at radius 2 is 1.78 bits per heavy atom. The van der Waals surface area contributed by atoms with Gasteiger partial charge in [0.1, 0.15) is 6.04 Å². The lowest BCUT2D eigenvalue weighted by Crippen LogP contribution is -2.52. The minimum absolute atomic E-state index is 0.0184. The number of carbonyl (C=O) groups is 2. The van der Waals surface area contributed by atoms with Crippen molar-refractivity contribution in [3.05, 3.63) is 0 Å². The first-order valence-corrected chi connectivity index (χ1v) is 6.74. The van der Waals surface area contributed by atoms with Gasteiger partial charge in [-0.05, 0) is 18.3 Å². The van der Waals surface area contributed by atoms with Crippen molar-refractivity contribution < 1.29 is 9.59 Å². The fraction of sp³-hybridized carbons (Fsp3) is 0.857. The van der Waals surface area contributed by atoms with Crippen molar-refractivity contribution in [1.29, 1.82) is 0 Å². The van der Waals surface area contributed by atoms with Gasteiger partial charge in [-0.25, -0.2) is 0 Å². The maximum absolute atomic E-state index is 12.5. The Morgan fingerprint density at radius 1 is 1.22 bits per heavy atom. The third-order valence-electron chi connectivity index (χ3n) is 3.83. The van der Waals surface area contributed by atoms with Gasteiger partial charge >= 0.3 is 0 Å². The highest BCUT2D eigenvalue weighted by Crippen LogP contribution is 2.26. The predicted octanol–water partition coefficient (Wildman–Crippen LogP) is 1.79. The monoisotopic (exact) mass is 254 g/mol. The molecule has 0 aromatic rings. The van der Waals surface area contributed by atoms with Crippen molar-refractivity contribution in [3.63, 3.8) is 0 Å². The van der Waals surface area contributed by atoms with Crippen molar-refractivity contribution in [3.8, 4) is 0 Å². The highest BCUT2D eigenvalue weighted by molar-refractivity contribution is 5.90. The number of amides is 2. The molecule has 104 valence electrons. The number of hydrogen-bond donors (Lipinski definition) is 1. The van der Waals surface area contributed by atoms with Crippen LogP contribution in [-0.4, -0.2) is 35.3 Å². The molecule has 0 aromatic heterocycles. The van der Waals surface area contributed by atoms with Gasteiger partial charge in [-0.15, -0.1) is 0 Å². The van der Waals surface area contributed by atoms with Crippen LogP contribution < -0.4 is 5.32 Å². The number of carbonyl (C=O) groups excluding carboxylic acids is 2. The average Bonchev–Trinajstić information content (AvgIpc) is 2.36. The first-order valence-electron chi connectivity index (χ1n) is 6.74. The molecule has 18 heavy (non-hydrogen) atoms. The molecule has 0 bridgehead atoms. The first-order chi connectivity index (χ1) is 8.14. The molecule has 0 aromatic carbocycles. The molecule has 1 heterocycles. The third kappa shape index (κ3) is 3.24. The fourth-order valence-corrected chi connectivity index (χ4v) is 2.12. The van der Waals surface area contributed by atoms with Gasteiger partial charge in [-0.3, -0.25) is 9.59 Å². The molecular weight excluding hydrogens is 228 g/mol. The summed E-state index contributed by atoms with van der Waals surface area (Å²) in [6.07, 6.45) is 0.398. The molecular formula is C14H26N2O2. The second-order valence-corrected chi connectivity index (χ2v) is 6.61. The van der Waals surface area contributed by atoms with E-state index in [1.165, 1.54) is 0 Å². The Kier molecular flexibility index (Phi) is 4.41. The minimum atomic E-state index is -0.384. The van der Waals surface area contributed by atoms with Crippen molar-refractivity contribution in [2.75, 3.05) is 6.54 Å². The summed E-state index contributed by atoms with van der Waals surface area (Å²) < 4.78 is 0. The number of hydrogen-bond acceptors (Lipinski definition) is 2. The molecule has 1 aliphatic rings. The van der Waals surface area contributed by atoms with Crippen LogP contribution in [0.5, 0.6) is 0 Å². The quantitative estimate of drug-likeness (QED) is 0.817. The lowest BCUT2D eigenvalue weighted by Gasteiger charge is -2.38. The van der Waals surface area contributed by atoms with E-state index in [1.54, 1.807) is 0 Å². The normalized spacial score (nSPS) is 23.9. The van der Waals surface area contributed by atoms with Crippen LogP contribution in [0.4, 0.5) is 0 Å². The summed E-state index contributed by atoms with van der Waals surface area (Å²) in [5, 5.41) is 2.83. The van der Waals surface area contributed by atoms with E-state index >= 15 is 0 Å². The molecule has 0 saturated carbocycles. The van der Waals surface area contributed by atoms with Crippen molar-refractivity contribution in [2.24, 2.45) is 11.3 Å². The van der Waals surface area contributed by atoms with Crippen LogP contribution >= 0.6 is 0 Å². The lowest BCUT2D eigenvalue weighted by molar-refractivity contribution is -0.138. The summed E-state index contributed by atoms with van der Waals surface area (Å²) in [5.74, 6) is 0.151. The minimum Gasteiger partial charge on any atom is -0.344 e. The Morgan fingerprint density at radius 3 is 2.22 bits per heavy atom. The summed E-state index contributed by atoms with van der Waals surface area (Å²) in [5.41, 5.74) is 0.0184. The Balaban J connectivity index is 2.97. The summed E-state index contributed by atoms with van der Waals surface area (Å²) in [6, 6.07) is -0.260. The van der Waals surface area contributed by atoms with E-state index in [0.29, 0.717) is 13.0 Å². The zero-order valence-electron chi connectivity index (χ0n) is 12.4. The van der Waals surface area contributed by atoms with E-state index in [1.807, 2.05) is 18.7 Å². The van der Waals surface area contributed by atoms with E-state index < -0.39 is 0 Å². The molecule has 4 nitrogen and oxygen atoms in total. The summed E-state index contributed by atoms with van der Waals surface area (Å²) >= 11 is 0. The topological polar surface area (TPSA) is 49.4 Å². The van der Waals surface area contributed by atoms with Crippen LogP contribution in [0.25, 0.3) is 0 Å². The van der Waals surface area contributed by atoms with Crippen LogP contribution in [0.3, 0.4) is 0 Å². The largest absolute Gasteiger partial charge is 0.344 e. The number of rotatable bonds is 2. The van der Waals surface area contributed by atoms with Gasteiger partial charge in [0.2, 0.25) is 11.8 Å². The highest BCUT2D eigenvalue weighted by Gasteiger charge is 2.37. The van der Waals surface area contributed by atoms with E-state index in [4.69, 9.17) is 0 Å². The van der Waals surface area contributed by atoms with Crippen molar-refractivity contribution in [2.45, 2.75) is 60.0 Å². The van der Waals surface area contributed by atoms with Gasteiger partial charge in [0.15, 0.2) is 0 Å². The zero-order valence-corrected chi connectivity index (χ0v) is 12.4. The highest BCUT2D eigenvalue weighted by atomic mass is 16.2. The van der Waals surface area contributed by atoms with Gasteiger partial charge in [0.25, 0.3) is 0 Å². The lowest BCUT2D eigenvalue weighted by atomic mass is 9.86. The van der Waals surface area contributed by atoms with Crippen LogP contribution in [-0.2, 0) is 9.59 Å². The predicted molar refractivity (Wildman–Crippen MR) is 72.0 cm³/mol. The van der Waals surface area contributed by atoms with Gasteiger partial charge in [-0.1, -0.05) is 34.6 Å². The Hall–Kier alpha value is -1.06. The van der Waals surface area contributed by atoms with E-state index in [0.717, 1.165) is 0 Å². The van der Waals surface area contributed by atoms with Gasteiger partial charge in [0.05, 0.1) is 0 Å². The van der Waals surface area contributed by atoms with Gasteiger partial charge in [-0.2, -0.15) is 0 Å². The molecule has 0 spiro atoms. The molecule has 0 radical (unpaired) electrons. The van der Waals surface area contributed by atoms with E-state index in [9.17, 15) is 9.59 Å². The maximum Gasteiger partial charge on any atom is 0.245 e. The Bertz CT molecular complexity index is 331. The molecule has 2 atom stereocenters. The Labute approximate surface area is 110 Å². The van der Waals surface area contributed by atoms with Gasteiger partial charge < -0.3 is 10.2 Å². The number of nitrogens with zero attached hydrogens (tertiary/aromatic N) is 1. The third-order valence-corrected chi connectivity index (χ3v) is 3.83. The van der Waals surface area contributed by atoms with Crippen LogP contribution in [0.2, 0.25) is 0 Å². The molecule has 1 aliphatic heterocycles. The smallest absolute Gasteiger partial charge is 0.245 e. The molecule has 1 fully saturated rings. The van der Waals surface area contributed by atoms with Crippen molar-refractivity contribution in [1.82, 2.24) is 10.2 Å². The van der Waals surface area contributed by atoms with Crippen LogP contribution in [0.1, 0.15) is 48.0 Å². The summed E-state index contributed by atoms with van der Waals surface area (Å²) in [4.78, 5) is 26.1. The van der Waals surface area contributed by atoms with E-state index in [2.05, 4.69) is 33.0 Å². The first kappa shape index (κ1) is 15.0. The molecule has 1 N–H and O–H groups in total. The summed E-state index contributed by atoms with van der Waals surface area (Å²) in [6.45, 7) is 12.9. The van der Waals surface area contributed by atoms with Gasteiger partial charge in [0, 0.05) is 19.0 Å². The maximum atomic E-state index is 12.5. The molecule has 4 heteroatoms. The average molecular weight is 254 g/mol. The SMILES string of the molecule is CC(C)C1NC(=O)CCN(C(C)C(C)(C)C)C1=O. The number of nitrogens with one attached hydrogen (secondary N) is 1. The van der Waals surface area contributed by atoms with Crippen molar-refractivity contribution >= 4 is 11.8 Å². The standard InChI is InChI=1S/C14H26N2O2/c1-9(2)12-13(18)16(8-7-11(17)15-12)10(3)14(4,5)6/h9-10,12H,7-8H2,1-6H3,(H,15,17). The second-order valence-electron chi connectivity index (χ2n) is 6.61. The molecule has 0 aliphatic carbocycles.